The van der Waals surface area contributed by atoms with Gasteiger partial charge in [0, 0.05) is 38.1 Å². The van der Waals surface area contributed by atoms with E-state index < -0.39 is 0 Å². The van der Waals surface area contributed by atoms with Gasteiger partial charge in [-0.15, -0.1) is 0 Å². The normalized spacial score (nSPS) is 16.6. The van der Waals surface area contributed by atoms with Gasteiger partial charge in [0.2, 0.25) is 5.88 Å². The van der Waals surface area contributed by atoms with Crippen molar-refractivity contribution in [2.75, 3.05) is 19.8 Å². The molecule has 1 aliphatic rings. The van der Waals surface area contributed by atoms with E-state index in [0.29, 0.717) is 29.5 Å². The number of nitrogens with one attached hydrogen (secondary N) is 1. The lowest BCUT2D eigenvalue weighted by atomic mass is 10.0. The Balaban J connectivity index is 1.89. The predicted molar refractivity (Wildman–Crippen MR) is 80.3 cm³/mol. The van der Waals surface area contributed by atoms with Gasteiger partial charge in [0.1, 0.15) is 0 Å². The van der Waals surface area contributed by atoms with Crippen molar-refractivity contribution < 1.29 is 9.47 Å². The van der Waals surface area contributed by atoms with E-state index in [1.807, 2.05) is 6.07 Å². The Hall–Kier alpha value is -0.840. The fraction of sp³-hybridized carbons (Fsp3) is 0.667. The van der Waals surface area contributed by atoms with Crippen molar-refractivity contribution in [1.82, 2.24) is 10.3 Å². The molecule has 112 valence electrons. The van der Waals surface area contributed by atoms with Gasteiger partial charge in [-0.2, -0.15) is 0 Å². The van der Waals surface area contributed by atoms with Gasteiger partial charge < -0.3 is 14.8 Å². The zero-order valence-corrected chi connectivity index (χ0v) is 12.9. The van der Waals surface area contributed by atoms with Gasteiger partial charge in [0.05, 0.1) is 11.6 Å². The maximum Gasteiger partial charge on any atom is 0.213 e. The third-order valence-electron chi connectivity index (χ3n) is 3.42. The number of hydrogen-bond acceptors (Lipinski definition) is 4. The van der Waals surface area contributed by atoms with Gasteiger partial charge in [-0.25, -0.2) is 4.98 Å². The van der Waals surface area contributed by atoms with Crippen molar-refractivity contribution in [3.8, 4) is 5.88 Å². The molecule has 0 aliphatic carbocycles. The molecule has 0 bridgehead atoms. The molecule has 1 aromatic rings. The molecule has 1 N–H and O–H groups in total. The standard InChI is InChI=1S/C15H23ClN2O2/c1-11(2)17-8-13-7-15(18-9-14(13)16)20-10-12-3-5-19-6-4-12/h7,9,11-12,17H,3-6,8,10H2,1-2H3. The van der Waals surface area contributed by atoms with E-state index in [9.17, 15) is 0 Å². The van der Waals surface area contributed by atoms with Gasteiger partial charge in [-0.1, -0.05) is 25.4 Å². The van der Waals surface area contributed by atoms with E-state index in [0.717, 1.165) is 38.2 Å². The molecule has 1 aromatic heterocycles. The Morgan fingerprint density at radius 2 is 2.20 bits per heavy atom. The maximum atomic E-state index is 6.15. The second-order valence-corrected chi connectivity index (χ2v) is 5.92. The van der Waals surface area contributed by atoms with E-state index in [-0.39, 0.29) is 0 Å². The van der Waals surface area contributed by atoms with Crippen molar-refractivity contribution in [3.63, 3.8) is 0 Å². The second-order valence-electron chi connectivity index (χ2n) is 5.52. The largest absolute Gasteiger partial charge is 0.477 e. The summed E-state index contributed by atoms with van der Waals surface area (Å²) in [6.45, 7) is 7.33. The highest BCUT2D eigenvalue weighted by molar-refractivity contribution is 6.31. The minimum absolute atomic E-state index is 0.422. The molecule has 0 atom stereocenters. The topological polar surface area (TPSA) is 43.4 Å². The van der Waals surface area contributed by atoms with E-state index in [2.05, 4.69) is 24.1 Å². The molecule has 0 aromatic carbocycles. The monoisotopic (exact) mass is 298 g/mol. The molecule has 0 radical (unpaired) electrons. The minimum atomic E-state index is 0.422. The molecule has 1 aliphatic heterocycles. The van der Waals surface area contributed by atoms with Gasteiger partial charge in [-0.3, -0.25) is 0 Å². The Labute approximate surface area is 125 Å². The molecule has 2 heterocycles. The van der Waals surface area contributed by atoms with Crippen LogP contribution in [0.2, 0.25) is 5.02 Å². The van der Waals surface area contributed by atoms with Crippen LogP contribution in [-0.2, 0) is 11.3 Å². The summed E-state index contributed by atoms with van der Waals surface area (Å²) >= 11 is 6.15. The molecule has 4 nitrogen and oxygen atoms in total. The second kappa shape index (κ2) is 7.81. The summed E-state index contributed by atoms with van der Waals surface area (Å²) in [4.78, 5) is 4.24. The van der Waals surface area contributed by atoms with Gasteiger partial charge in [-0.05, 0) is 24.3 Å². The van der Waals surface area contributed by atoms with Crippen LogP contribution >= 0.6 is 11.6 Å². The number of rotatable bonds is 6. The summed E-state index contributed by atoms with van der Waals surface area (Å²) in [5.74, 6) is 1.22. The van der Waals surface area contributed by atoms with Crippen molar-refractivity contribution in [1.29, 1.82) is 0 Å². The average molecular weight is 299 g/mol. The van der Waals surface area contributed by atoms with Crippen LogP contribution < -0.4 is 10.1 Å². The van der Waals surface area contributed by atoms with Crippen LogP contribution in [0.1, 0.15) is 32.3 Å². The van der Waals surface area contributed by atoms with E-state index in [1.165, 1.54) is 0 Å². The first kappa shape index (κ1) is 15.5. The zero-order chi connectivity index (χ0) is 14.4. The van der Waals surface area contributed by atoms with E-state index >= 15 is 0 Å². The Bertz CT molecular complexity index is 420. The van der Waals surface area contributed by atoms with Crippen molar-refractivity contribution in [2.24, 2.45) is 5.92 Å². The lowest BCUT2D eigenvalue weighted by Gasteiger charge is -2.22. The molecule has 2 rings (SSSR count). The molecule has 1 saturated heterocycles. The first-order valence-corrected chi connectivity index (χ1v) is 7.61. The fourth-order valence-electron chi connectivity index (χ4n) is 2.10. The summed E-state index contributed by atoms with van der Waals surface area (Å²) in [6, 6.07) is 2.35. The van der Waals surface area contributed by atoms with Crippen molar-refractivity contribution in [3.05, 3.63) is 22.8 Å². The van der Waals surface area contributed by atoms with Crippen LogP contribution in [0, 0.1) is 5.92 Å². The van der Waals surface area contributed by atoms with E-state index in [1.54, 1.807) is 6.20 Å². The zero-order valence-electron chi connectivity index (χ0n) is 12.2. The number of ether oxygens (including phenoxy) is 2. The van der Waals surface area contributed by atoms with Crippen LogP contribution in [0.15, 0.2) is 12.3 Å². The van der Waals surface area contributed by atoms with Crippen LogP contribution in [0.3, 0.4) is 0 Å². The average Bonchev–Trinajstić information content (AvgIpc) is 2.46. The lowest BCUT2D eigenvalue weighted by Crippen LogP contribution is -2.23. The van der Waals surface area contributed by atoms with Crippen LogP contribution in [0.4, 0.5) is 0 Å². The lowest BCUT2D eigenvalue weighted by molar-refractivity contribution is 0.0490. The predicted octanol–water partition coefficient (Wildman–Crippen LogP) is 3.04. The summed E-state index contributed by atoms with van der Waals surface area (Å²) in [5.41, 5.74) is 1.03. The first-order valence-electron chi connectivity index (χ1n) is 7.23. The molecule has 0 amide bonds. The molecule has 0 unspecified atom stereocenters. The molecule has 20 heavy (non-hydrogen) atoms. The minimum Gasteiger partial charge on any atom is -0.477 e. The number of hydrogen-bond donors (Lipinski definition) is 1. The highest BCUT2D eigenvalue weighted by Gasteiger charge is 2.15. The van der Waals surface area contributed by atoms with Gasteiger partial charge in [0.15, 0.2) is 0 Å². The molecule has 0 saturated carbocycles. The summed E-state index contributed by atoms with van der Waals surface area (Å²) in [7, 11) is 0. The quantitative estimate of drug-likeness (QED) is 0.876. The fourth-order valence-corrected chi connectivity index (χ4v) is 2.27. The van der Waals surface area contributed by atoms with Crippen molar-refractivity contribution in [2.45, 2.75) is 39.3 Å². The Morgan fingerprint density at radius 1 is 1.45 bits per heavy atom. The number of halogens is 1. The van der Waals surface area contributed by atoms with Crippen molar-refractivity contribution >= 4 is 11.6 Å². The highest BCUT2D eigenvalue weighted by Crippen LogP contribution is 2.21. The number of nitrogens with zero attached hydrogens (tertiary/aromatic N) is 1. The Kier molecular flexibility index (Phi) is 6.07. The SMILES string of the molecule is CC(C)NCc1cc(OCC2CCOCC2)ncc1Cl. The maximum absolute atomic E-state index is 6.15. The first-order chi connectivity index (χ1) is 9.65. The van der Waals surface area contributed by atoms with Gasteiger partial charge >= 0.3 is 0 Å². The van der Waals surface area contributed by atoms with Crippen LogP contribution in [-0.4, -0.2) is 30.8 Å². The summed E-state index contributed by atoms with van der Waals surface area (Å²) in [5, 5.41) is 4.03. The summed E-state index contributed by atoms with van der Waals surface area (Å²) in [6.07, 6.45) is 3.79. The molecule has 0 spiro atoms. The highest BCUT2D eigenvalue weighted by atomic mass is 35.5. The molecular weight excluding hydrogens is 276 g/mol. The Morgan fingerprint density at radius 3 is 2.90 bits per heavy atom. The summed E-state index contributed by atoms with van der Waals surface area (Å²) < 4.78 is 11.1. The van der Waals surface area contributed by atoms with Crippen LogP contribution in [0.25, 0.3) is 0 Å². The third kappa shape index (κ3) is 4.93. The number of aromatic nitrogens is 1. The van der Waals surface area contributed by atoms with E-state index in [4.69, 9.17) is 21.1 Å². The molecule has 5 heteroatoms. The smallest absolute Gasteiger partial charge is 0.213 e. The molecule has 1 fully saturated rings. The molecular formula is C15H23ClN2O2. The third-order valence-corrected chi connectivity index (χ3v) is 3.76. The van der Waals surface area contributed by atoms with Crippen LogP contribution in [0.5, 0.6) is 5.88 Å². The van der Waals surface area contributed by atoms with Gasteiger partial charge in [0.25, 0.3) is 0 Å². The number of pyridine rings is 1.